The van der Waals surface area contributed by atoms with Crippen molar-refractivity contribution in [1.29, 1.82) is 0 Å². The largest absolute Gasteiger partial charge is 0.481 e. The first kappa shape index (κ1) is 22.7. The number of benzene rings is 1. The number of pyridine rings is 1. The van der Waals surface area contributed by atoms with Crippen molar-refractivity contribution < 1.29 is 4.74 Å². The maximum Gasteiger partial charge on any atom is 0.213 e. The Labute approximate surface area is 192 Å². The van der Waals surface area contributed by atoms with Crippen molar-refractivity contribution in [1.82, 2.24) is 15.6 Å². The van der Waals surface area contributed by atoms with Crippen LogP contribution in [-0.2, 0) is 6.54 Å². The highest BCUT2D eigenvalue weighted by Crippen LogP contribution is 2.28. The van der Waals surface area contributed by atoms with E-state index < -0.39 is 0 Å². The molecule has 1 aromatic carbocycles. The molecule has 152 valence electrons. The second-order valence-electron chi connectivity index (χ2n) is 6.43. The number of aliphatic imine (C=N–C) groups is 1. The molecule has 1 saturated heterocycles. The summed E-state index contributed by atoms with van der Waals surface area (Å²) in [6.07, 6.45) is 2.82. The Hall–Kier alpha value is -1.55. The van der Waals surface area contributed by atoms with Crippen molar-refractivity contribution >= 4 is 51.6 Å². The van der Waals surface area contributed by atoms with Gasteiger partial charge in [0.15, 0.2) is 5.96 Å². The van der Waals surface area contributed by atoms with Crippen LogP contribution in [0.4, 0.5) is 5.69 Å². The molecule has 2 heterocycles. The van der Waals surface area contributed by atoms with Crippen LogP contribution in [0.1, 0.15) is 18.9 Å². The summed E-state index contributed by atoms with van der Waals surface area (Å²) < 4.78 is 6.32. The fourth-order valence-corrected chi connectivity index (χ4v) is 3.68. The summed E-state index contributed by atoms with van der Waals surface area (Å²) in [5.74, 6) is 1.45. The minimum atomic E-state index is 0. The van der Waals surface area contributed by atoms with Gasteiger partial charge in [-0.05, 0) is 53.0 Å². The van der Waals surface area contributed by atoms with Crippen LogP contribution >= 0.6 is 39.9 Å². The summed E-state index contributed by atoms with van der Waals surface area (Å²) in [5, 5.41) is 6.91. The lowest BCUT2D eigenvalue weighted by Gasteiger charge is -2.21. The number of para-hydroxylation sites is 1. The molecular weight excluding hydrogens is 533 g/mol. The predicted molar refractivity (Wildman–Crippen MR) is 129 cm³/mol. The van der Waals surface area contributed by atoms with Crippen LogP contribution in [0, 0.1) is 0 Å². The number of hydrogen-bond acceptors (Lipinski definition) is 4. The van der Waals surface area contributed by atoms with Crippen LogP contribution in [0.2, 0.25) is 0 Å². The summed E-state index contributed by atoms with van der Waals surface area (Å²) in [5.41, 5.74) is 2.31. The number of anilines is 1. The molecule has 28 heavy (non-hydrogen) atoms. The molecule has 1 aromatic heterocycles. The number of ether oxygens (including phenoxy) is 1. The van der Waals surface area contributed by atoms with Crippen LogP contribution in [-0.4, -0.2) is 43.7 Å². The number of guanidine groups is 1. The lowest BCUT2D eigenvalue weighted by atomic mass is 10.2. The molecule has 3 rings (SSSR count). The molecule has 6 nitrogen and oxygen atoms in total. The SMILES string of the molecule is CCNC(=NCc1ccnc(OC)c1)NC1CCN(c2ccccc2Br)C1.I. The number of nitrogens with zero attached hydrogens (tertiary/aromatic N) is 3. The van der Waals surface area contributed by atoms with Gasteiger partial charge in [-0.3, -0.25) is 0 Å². The Morgan fingerprint density at radius 3 is 2.93 bits per heavy atom. The number of halogens is 2. The molecule has 0 radical (unpaired) electrons. The van der Waals surface area contributed by atoms with Gasteiger partial charge >= 0.3 is 0 Å². The first-order valence-electron chi connectivity index (χ1n) is 9.23. The van der Waals surface area contributed by atoms with E-state index in [1.54, 1.807) is 13.3 Å². The maximum atomic E-state index is 5.18. The lowest BCUT2D eigenvalue weighted by Crippen LogP contribution is -2.44. The monoisotopic (exact) mass is 559 g/mol. The van der Waals surface area contributed by atoms with Crippen LogP contribution in [0.15, 0.2) is 52.1 Å². The Kier molecular flexibility index (Phi) is 9.30. The van der Waals surface area contributed by atoms with Gasteiger partial charge in [-0.1, -0.05) is 12.1 Å². The van der Waals surface area contributed by atoms with E-state index in [-0.39, 0.29) is 24.0 Å². The third kappa shape index (κ3) is 6.23. The summed E-state index contributed by atoms with van der Waals surface area (Å²) in [4.78, 5) is 11.3. The normalized spacial score (nSPS) is 16.5. The lowest BCUT2D eigenvalue weighted by molar-refractivity contribution is 0.397. The molecule has 0 saturated carbocycles. The number of methoxy groups -OCH3 is 1. The molecule has 1 fully saturated rings. The third-order valence-electron chi connectivity index (χ3n) is 4.49. The molecule has 0 amide bonds. The molecule has 8 heteroatoms. The van der Waals surface area contributed by atoms with Crippen LogP contribution < -0.4 is 20.3 Å². The van der Waals surface area contributed by atoms with Crippen LogP contribution in [0.3, 0.4) is 0 Å². The smallest absolute Gasteiger partial charge is 0.213 e. The molecule has 2 N–H and O–H groups in total. The number of rotatable bonds is 6. The molecule has 1 aliphatic heterocycles. The first-order valence-corrected chi connectivity index (χ1v) is 10.0. The van der Waals surface area contributed by atoms with E-state index in [1.165, 1.54) is 5.69 Å². The standard InChI is InChI=1S/C20H26BrN5O.HI/c1-3-22-20(24-13-15-8-10-23-19(12-15)27-2)25-16-9-11-26(14-16)18-7-5-4-6-17(18)21;/h4-8,10,12,16H,3,9,11,13-14H2,1-2H3,(H2,22,24,25);1H. The zero-order valence-corrected chi connectivity index (χ0v) is 20.1. The Balaban J connectivity index is 0.00000280. The van der Waals surface area contributed by atoms with Crippen molar-refractivity contribution in [3.63, 3.8) is 0 Å². The second kappa shape index (κ2) is 11.5. The zero-order valence-electron chi connectivity index (χ0n) is 16.2. The molecule has 0 aliphatic carbocycles. The predicted octanol–water partition coefficient (Wildman–Crippen LogP) is 3.80. The average molecular weight is 560 g/mol. The van der Waals surface area contributed by atoms with E-state index in [4.69, 9.17) is 9.73 Å². The van der Waals surface area contributed by atoms with Gasteiger partial charge in [0.1, 0.15) is 0 Å². The number of aromatic nitrogens is 1. The molecule has 0 bridgehead atoms. The van der Waals surface area contributed by atoms with Gasteiger partial charge in [-0.2, -0.15) is 0 Å². The van der Waals surface area contributed by atoms with E-state index in [0.29, 0.717) is 18.5 Å². The number of nitrogens with one attached hydrogen (secondary N) is 2. The average Bonchev–Trinajstić information content (AvgIpc) is 3.15. The fourth-order valence-electron chi connectivity index (χ4n) is 3.15. The van der Waals surface area contributed by atoms with Gasteiger partial charge in [0.2, 0.25) is 5.88 Å². The molecule has 0 spiro atoms. The first-order chi connectivity index (χ1) is 13.2. The van der Waals surface area contributed by atoms with E-state index in [2.05, 4.69) is 61.6 Å². The Morgan fingerprint density at radius 2 is 2.18 bits per heavy atom. The van der Waals surface area contributed by atoms with Crippen molar-refractivity contribution in [2.24, 2.45) is 4.99 Å². The van der Waals surface area contributed by atoms with Crippen molar-refractivity contribution in [2.45, 2.75) is 25.9 Å². The van der Waals surface area contributed by atoms with Gasteiger partial charge in [0, 0.05) is 42.4 Å². The summed E-state index contributed by atoms with van der Waals surface area (Å²) in [6.45, 7) is 5.47. The summed E-state index contributed by atoms with van der Waals surface area (Å²) in [6, 6.07) is 12.6. The van der Waals surface area contributed by atoms with E-state index >= 15 is 0 Å². The van der Waals surface area contributed by atoms with E-state index in [9.17, 15) is 0 Å². The number of hydrogen-bond donors (Lipinski definition) is 2. The Morgan fingerprint density at radius 1 is 1.36 bits per heavy atom. The summed E-state index contributed by atoms with van der Waals surface area (Å²) in [7, 11) is 1.62. The van der Waals surface area contributed by atoms with Crippen LogP contribution in [0.25, 0.3) is 0 Å². The fraction of sp³-hybridized carbons (Fsp3) is 0.400. The van der Waals surface area contributed by atoms with Gasteiger partial charge in [0.05, 0.1) is 19.3 Å². The third-order valence-corrected chi connectivity index (χ3v) is 5.17. The van der Waals surface area contributed by atoms with Crippen molar-refractivity contribution in [3.05, 3.63) is 52.6 Å². The van der Waals surface area contributed by atoms with E-state index in [0.717, 1.165) is 42.1 Å². The molecule has 1 atom stereocenters. The maximum absolute atomic E-state index is 5.18. The van der Waals surface area contributed by atoms with Gasteiger partial charge in [0.25, 0.3) is 0 Å². The topological polar surface area (TPSA) is 61.8 Å². The minimum Gasteiger partial charge on any atom is -0.481 e. The van der Waals surface area contributed by atoms with Gasteiger partial charge in [-0.15, -0.1) is 24.0 Å². The Bertz CT molecular complexity index is 789. The molecule has 2 aromatic rings. The van der Waals surface area contributed by atoms with Crippen molar-refractivity contribution in [2.75, 3.05) is 31.6 Å². The van der Waals surface area contributed by atoms with Gasteiger partial charge in [-0.25, -0.2) is 9.98 Å². The highest BCUT2D eigenvalue weighted by Gasteiger charge is 2.24. The highest BCUT2D eigenvalue weighted by atomic mass is 127. The van der Waals surface area contributed by atoms with E-state index in [1.807, 2.05) is 18.2 Å². The summed E-state index contributed by atoms with van der Waals surface area (Å²) >= 11 is 3.65. The quantitative estimate of drug-likeness (QED) is 0.320. The molecule has 1 unspecified atom stereocenters. The van der Waals surface area contributed by atoms with Gasteiger partial charge < -0.3 is 20.3 Å². The van der Waals surface area contributed by atoms with Crippen LogP contribution in [0.5, 0.6) is 5.88 Å². The second-order valence-corrected chi connectivity index (χ2v) is 7.28. The molecule has 1 aliphatic rings. The van der Waals surface area contributed by atoms with Crippen molar-refractivity contribution in [3.8, 4) is 5.88 Å². The zero-order chi connectivity index (χ0) is 19.1. The molecular formula is C20H27BrIN5O. The highest BCUT2D eigenvalue weighted by molar-refractivity contribution is 14.0. The minimum absolute atomic E-state index is 0.